The summed E-state index contributed by atoms with van der Waals surface area (Å²) < 4.78 is 2.15. The summed E-state index contributed by atoms with van der Waals surface area (Å²) in [5, 5.41) is 0.719. The van der Waals surface area contributed by atoms with Gasteiger partial charge in [0.2, 0.25) is 0 Å². The van der Waals surface area contributed by atoms with Crippen molar-refractivity contribution in [3.05, 3.63) is 76.9 Å². The first-order chi connectivity index (χ1) is 13.2. The topological polar surface area (TPSA) is 22.0 Å². The number of rotatable bonds is 7. The minimum atomic E-state index is 0.234. The van der Waals surface area contributed by atoms with Crippen molar-refractivity contribution in [3.8, 4) is 16.9 Å². The van der Waals surface area contributed by atoms with Crippen LogP contribution in [0.3, 0.4) is 0 Å². The molecule has 138 valence electrons. The molecule has 27 heavy (non-hydrogen) atoms. The van der Waals surface area contributed by atoms with Crippen molar-refractivity contribution < 1.29 is 4.79 Å². The van der Waals surface area contributed by atoms with E-state index >= 15 is 0 Å². The monoisotopic (exact) mass is 377 g/mol. The number of carbonyl (C=O) groups excluding carboxylic acids is 1. The SMILES string of the molecule is CCCC(=O)c1c(CC2CC2)cc(-c2ccc(Cl)cc2)n1-c1ccccc1. The fraction of sp³-hybridized carbons (Fsp3) is 0.292. The Kier molecular flexibility index (Phi) is 5.18. The third-order valence-electron chi connectivity index (χ3n) is 5.18. The lowest BCUT2D eigenvalue weighted by atomic mass is 10.0. The third kappa shape index (κ3) is 3.86. The zero-order valence-electron chi connectivity index (χ0n) is 15.6. The number of halogens is 1. The van der Waals surface area contributed by atoms with Crippen molar-refractivity contribution in [2.75, 3.05) is 0 Å². The van der Waals surface area contributed by atoms with E-state index in [4.69, 9.17) is 11.6 Å². The van der Waals surface area contributed by atoms with Gasteiger partial charge in [-0.25, -0.2) is 0 Å². The van der Waals surface area contributed by atoms with Gasteiger partial charge in [0.05, 0.1) is 11.4 Å². The van der Waals surface area contributed by atoms with E-state index in [1.165, 1.54) is 18.4 Å². The summed E-state index contributed by atoms with van der Waals surface area (Å²) >= 11 is 6.10. The lowest BCUT2D eigenvalue weighted by Crippen LogP contribution is -2.11. The van der Waals surface area contributed by atoms with Crippen LogP contribution in [0.1, 0.15) is 48.7 Å². The summed E-state index contributed by atoms with van der Waals surface area (Å²) in [4.78, 5) is 13.1. The number of carbonyl (C=O) groups is 1. The number of Topliss-reactive ketones (excluding diaryl/α,β-unsaturated/α-hetero) is 1. The summed E-state index contributed by atoms with van der Waals surface area (Å²) in [7, 11) is 0. The van der Waals surface area contributed by atoms with Crippen LogP contribution in [0.25, 0.3) is 16.9 Å². The average molecular weight is 378 g/mol. The van der Waals surface area contributed by atoms with Gasteiger partial charge in [0.15, 0.2) is 5.78 Å². The summed E-state index contributed by atoms with van der Waals surface area (Å²) in [6.07, 6.45) is 4.97. The molecule has 2 nitrogen and oxygen atoms in total. The van der Waals surface area contributed by atoms with Crippen molar-refractivity contribution in [1.82, 2.24) is 4.57 Å². The van der Waals surface area contributed by atoms with E-state index in [0.717, 1.165) is 46.4 Å². The number of hydrogen-bond acceptors (Lipinski definition) is 1. The Morgan fingerprint density at radius 2 is 1.78 bits per heavy atom. The van der Waals surface area contributed by atoms with Crippen LogP contribution in [0.15, 0.2) is 60.7 Å². The third-order valence-corrected chi connectivity index (χ3v) is 5.43. The molecule has 0 aliphatic heterocycles. The predicted octanol–water partition coefficient (Wildman–Crippen LogP) is 6.73. The van der Waals surface area contributed by atoms with Crippen molar-refractivity contribution in [1.29, 1.82) is 0 Å². The van der Waals surface area contributed by atoms with Gasteiger partial charge in [0, 0.05) is 17.1 Å². The van der Waals surface area contributed by atoms with Gasteiger partial charge >= 0.3 is 0 Å². The van der Waals surface area contributed by atoms with Gasteiger partial charge in [-0.15, -0.1) is 0 Å². The molecule has 3 aromatic rings. The molecule has 1 heterocycles. The largest absolute Gasteiger partial charge is 0.306 e. The normalized spacial score (nSPS) is 13.7. The lowest BCUT2D eigenvalue weighted by Gasteiger charge is -2.14. The van der Waals surface area contributed by atoms with Gasteiger partial charge < -0.3 is 4.57 Å². The molecule has 1 aliphatic rings. The van der Waals surface area contributed by atoms with Crippen molar-refractivity contribution in [3.63, 3.8) is 0 Å². The highest BCUT2D eigenvalue weighted by molar-refractivity contribution is 6.30. The molecule has 1 aliphatic carbocycles. The second kappa shape index (κ2) is 7.74. The van der Waals surface area contributed by atoms with Gasteiger partial charge in [0.25, 0.3) is 0 Å². The molecule has 4 rings (SSSR count). The van der Waals surface area contributed by atoms with Crippen molar-refractivity contribution in [2.45, 2.75) is 39.0 Å². The van der Waals surface area contributed by atoms with Gasteiger partial charge in [-0.1, -0.05) is 48.9 Å². The van der Waals surface area contributed by atoms with Crippen LogP contribution in [0.4, 0.5) is 0 Å². The van der Waals surface area contributed by atoms with Gasteiger partial charge in [-0.2, -0.15) is 0 Å². The Balaban J connectivity index is 1.93. The van der Waals surface area contributed by atoms with Crippen LogP contribution < -0.4 is 0 Å². The van der Waals surface area contributed by atoms with Gasteiger partial charge in [0.1, 0.15) is 0 Å². The maximum absolute atomic E-state index is 13.1. The highest BCUT2D eigenvalue weighted by Gasteiger charge is 2.28. The van der Waals surface area contributed by atoms with Crippen LogP contribution >= 0.6 is 11.6 Å². The Bertz CT molecular complexity index is 937. The molecule has 0 atom stereocenters. The smallest absolute Gasteiger partial charge is 0.179 e. The second-order valence-corrected chi connectivity index (χ2v) is 7.84. The van der Waals surface area contributed by atoms with Gasteiger partial charge in [-0.05, 0) is 73.1 Å². The molecular formula is C24H24ClNO. The first-order valence-electron chi connectivity index (χ1n) is 9.76. The molecule has 0 unspecified atom stereocenters. The number of nitrogens with zero attached hydrogens (tertiary/aromatic N) is 1. The number of ketones is 1. The lowest BCUT2D eigenvalue weighted by molar-refractivity contribution is 0.0974. The fourth-order valence-electron chi connectivity index (χ4n) is 3.68. The summed E-state index contributed by atoms with van der Waals surface area (Å²) in [5.74, 6) is 0.958. The maximum Gasteiger partial charge on any atom is 0.179 e. The Morgan fingerprint density at radius 3 is 2.41 bits per heavy atom. The zero-order chi connectivity index (χ0) is 18.8. The standard InChI is InChI=1S/C24H24ClNO/c1-2-6-23(27)24-19(15-17-9-10-17)16-22(18-11-13-20(25)14-12-18)26(24)21-7-4-3-5-8-21/h3-5,7-8,11-14,16-17H,2,6,9-10,15H2,1H3. The minimum Gasteiger partial charge on any atom is -0.306 e. The number of benzene rings is 2. The summed E-state index contributed by atoms with van der Waals surface area (Å²) in [6.45, 7) is 2.06. The Labute approximate surface area is 165 Å². The zero-order valence-corrected chi connectivity index (χ0v) is 16.4. The molecule has 0 amide bonds. The number of para-hydroxylation sites is 1. The maximum atomic E-state index is 13.1. The summed E-state index contributed by atoms with van der Waals surface area (Å²) in [6, 6.07) is 20.3. The molecule has 0 spiro atoms. The quantitative estimate of drug-likeness (QED) is 0.418. The fourth-order valence-corrected chi connectivity index (χ4v) is 3.80. The van der Waals surface area contributed by atoms with E-state index in [1.807, 2.05) is 42.5 Å². The Hall–Kier alpha value is -2.32. The van der Waals surface area contributed by atoms with Crippen molar-refractivity contribution in [2.24, 2.45) is 5.92 Å². The highest BCUT2D eigenvalue weighted by Crippen LogP contribution is 2.38. The first-order valence-corrected chi connectivity index (χ1v) is 10.1. The molecule has 0 radical (unpaired) electrons. The van der Waals surface area contributed by atoms with E-state index in [0.29, 0.717) is 6.42 Å². The van der Waals surface area contributed by atoms with Gasteiger partial charge in [-0.3, -0.25) is 4.79 Å². The number of aromatic nitrogens is 1. The van der Waals surface area contributed by atoms with E-state index in [-0.39, 0.29) is 5.78 Å². The molecule has 1 fully saturated rings. The van der Waals surface area contributed by atoms with Crippen LogP contribution in [0.5, 0.6) is 0 Å². The van der Waals surface area contributed by atoms with Crippen LogP contribution in [0.2, 0.25) is 5.02 Å². The molecular weight excluding hydrogens is 354 g/mol. The van der Waals surface area contributed by atoms with Crippen LogP contribution in [0, 0.1) is 5.92 Å². The average Bonchev–Trinajstić information content (AvgIpc) is 3.41. The molecule has 0 N–H and O–H groups in total. The molecule has 1 saturated carbocycles. The van der Waals surface area contributed by atoms with E-state index in [1.54, 1.807) is 0 Å². The second-order valence-electron chi connectivity index (χ2n) is 7.40. The van der Waals surface area contributed by atoms with Crippen LogP contribution in [-0.4, -0.2) is 10.4 Å². The highest BCUT2D eigenvalue weighted by atomic mass is 35.5. The molecule has 3 heteroatoms. The predicted molar refractivity (Wildman–Crippen MR) is 112 cm³/mol. The Morgan fingerprint density at radius 1 is 1.07 bits per heavy atom. The molecule has 2 aromatic carbocycles. The minimum absolute atomic E-state index is 0.234. The summed E-state index contributed by atoms with van der Waals surface area (Å²) in [5.41, 5.74) is 5.22. The van der Waals surface area contributed by atoms with E-state index in [9.17, 15) is 4.79 Å². The molecule has 0 bridgehead atoms. The van der Waals surface area contributed by atoms with Crippen LogP contribution in [-0.2, 0) is 6.42 Å². The van der Waals surface area contributed by atoms with E-state index in [2.05, 4.69) is 29.7 Å². The number of hydrogen-bond donors (Lipinski definition) is 0. The van der Waals surface area contributed by atoms with Crippen molar-refractivity contribution >= 4 is 17.4 Å². The molecule has 0 saturated heterocycles. The molecule has 1 aromatic heterocycles. The van der Waals surface area contributed by atoms with E-state index < -0.39 is 0 Å². The first kappa shape index (κ1) is 18.1.